The predicted molar refractivity (Wildman–Crippen MR) is 112 cm³/mol. The topological polar surface area (TPSA) is 99.4 Å². The summed E-state index contributed by atoms with van der Waals surface area (Å²) >= 11 is 0. The van der Waals surface area contributed by atoms with Gasteiger partial charge in [-0.15, -0.1) is 0 Å². The highest BCUT2D eigenvalue weighted by molar-refractivity contribution is 5.96. The van der Waals surface area contributed by atoms with E-state index in [1.807, 2.05) is 6.07 Å². The molecular weight excluding hydrogens is 400 g/mol. The van der Waals surface area contributed by atoms with Crippen LogP contribution in [0.4, 0.5) is 0 Å². The van der Waals surface area contributed by atoms with Gasteiger partial charge < -0.3 is 18.6 Å². The first kappa shape index (κ1) is 20.2. The minimum atomic E-state index is -0.450. The molecule has 0 atom stereocenters. The fourth-order valence-electron chi connectivity index (χ4n) is 3.14. The Kier molecular flexibility index (Phi) is 5.98. The van der Waals surface area contributed by atoms with E-state index in [9.17, 15) is 9.59 Å². The summed E-state index contributed by atoms with van der Waals surface area (Å²) in [5.41, 5.74) is 4.27. The van der Waals surface area contributed by atoms with E-state index in [4.69, 9.17) is 18.6 Å². The molecule has 0 unspecified atom stereocenters. The molecule has 8 heteroatoms. The van der Waals surface area contributed by atoms with Crippen molar-refractivity contribution in [1.29, 1.82) is 0 Å². The number of furan rings is 1. The van der Waals surface area contributed by atoms with Gasteiger partial charge in [0.15, 0.2) is 11.5 Å². The molecule has 4 rings (SSSR count). The van der Waals surface area contributed by atoms with Gasteiger partial charge in [-0.1, -0.05) is 24.3 Å². The molecule has 0 radical (unpaired) electrons. The van der Waals surface area contributed by atoms with Crippen molar-refractivity contribution >= 4 is 18.1 Å². The Bertz CT molecular complexity index is 1130. The van der Waals surface area contributed by atoms with E-state index in [0.717, 1.165) is 5.56 Å². The summed E-state index contributed by atoms with van der Waals surface area (Å²) in [6.07, 6.45) is 1.54. The van der Waals surface area contributed by atoms with Crippen molar-refractivity contribution in [2.24, 2.45) is 5.10 Å². The molecule has 8 nitrogen and oxygen atoms in total. The Morgan fingerprint density at radius 3 is 2.71 bits per heavy atom. The highest BCUT2D eigenvalue weighted by atomic mass is 16.6. The molecule has 2 aromatic carbocycles. The van der Waals surface area contributed by atoms with Crippen molar-refractivity contribution in [1.82, 2.24) is 5.43 Å². The number of rotatable bonds is 6. The highest BCUT2D eigenvalue weighted by Crippen LogP contribution is 2.31. The van der Waals surface area contributed by atoms with Crippen LogP contribution in [0.1, 0.15) is 21.7 Å². The molecule has 1 aromatic heterocycles. The lowest BCUT2D eigenvalue weighted by atomic mass is 10.1. The summed E-state index contributed by atoms with van der Waals surface area (Å²) in [6.45, 7) is 1.01. The van der Waals surface area contributed by atoms with Crippen LogP contribution in [0.25, 0.3) is 11.3 Å². The van der Waals surface area contributed by atoms with Crippen LogP contribution in [-0.2, 0) is 16.0 Å². The molecule has 158 valence electrons. The number of fused-ring (bicyclic) bond motifs is 1. The standard InChI is InChI=1S/C23H20N2O6/c1-28-23(27)18-5-3-2-4-17(18)19-9-7-16(31-19)14-24-25-22(26)13-15-6-8-20-21(12-15)30-11-10-29-20/h2-9,12,14H,10-11,13H2,1H3,(H,25,26)/b24-14-. The summed E-state index contributed by atoms with van der Waals surface area (Å²) in [5.74, 6) is 1.50. The Morgan fingerprint density at radius 2 is 1.87 bits per heavy atom. The molecule has 1 aliphatic heterocycles. The van der Waals surface area contributed by atoms with E-state index in [1.165, 1.54) is 13.3 Å². The molecule has 0 bridgehead atoms. The van der Waals surface area contributed by atoms with E-state index in [1.54, 1.807) is 48.5 Å². The Labute approximate surface area is 178 Å². The van der Waals surface area contributed by atoms with Crippen LogP contribution in [0, 0.1) is 0 Å². The molecule has 1 amide bonds. The van der Waals surface area contributed by atoms with E-state index >= 15 is 0 Å². The third kappa shape index (κ3) is 4.75. The minimum absolute atomic E-state index is 0.143. The number of esters is 1. The van der Waals surface area contributed by atoms with E-state index in [2.05, 4.69) is 10.5 Å². The van der Waals surface area contributed by atoms with Crippen molar-refractivity contribution in [2.45, 2.75) is 6.42 Å². The summed E-state index contributed by atoms with van der Waals surface area (Å²) in [4.78, 5) is 24.1. The van der Waals surface area contributed by atoms with E-state index in [-0.39, 0.29) is 12.3 Å². The van der Waals surface area contributed by atoms with Gasteiger partial charge in [0, 0.05) is 5.56 Å². The molecule has 0 saturated carbocycles. The zero-order valence-corrected chi connectivity index (χ0v) is 16.8. The second kappa shape index (κ2) is 9.17. The van der Waals surface area contributed by atoms with Gasteiger partial charge >= 0.3 is 5.97 Å². The number of hydrazone groups is 1. The molecule has 0 saturated heterocycles. The number of carbonyl (C=O) groups excluding carboxylic acids is 2. The van der Waals surface area contributed by atoms with Crippen LogP contribution >= 0.6 is 0 Å². The van der Waals surface area contributed by atoms with Gasteiger partial charge in [-0.3, -0.25) is 4.79 Å². The number of hydrogen-bond acceptors (Lipinski definition) is 7. The van der Waals surface area contributed by atoms with Crippen molar-refractivity contribution in [2.75, 3.05) is 20.3 Å². The zero-order chi connectivity index (χ0) is 21.6. The SMILES string of the molecule is COC(=O)c1ccccc1-c1ccc(/C=N\NC(=O)Cc2ccc3c(c2)OCCO3)o1. The third-order valence-electron chi connectivity index (χ3n) is 4.58. The second-order valence-corrected chi connectivity index (χ2v) is 6.69. The molecule has 31 heavy (non-hydrogen) atoms. The van der Waals surface area contributed by atoms with Crippen LogP contribution in [-0.4, -0.2) is 38.4 Å². The van der Waals surface area contributed by atoms with E-state index < -0.39 is 5.97 Å². The molecule has 0 aliphatic carbocycles. The number of carbonyl (C=O) groups is 2. The maximum Gasteiger partial charge on any atom is 0.338 e. The van der Waals surface area contributed by atoms with Crippen LogP contribution in [0.2, 0.25) is 0 Å². The van der Waals surface area contributed by atoms with Crippen molar-refractivity contribution < 1.29 is 28.2 Å². The second-order valence-electron chi connectivity index (χ2n) is 6.69. The van der Waals surface area contributed by atoms with Crippen LogP contribution in [0.15, 0.2) is 64.1 Å². The van der Waals surface area contributed by atoms with Crippen molar-refractivity contribution in [3.05, 3.63) is 71.5 Å². The highest BCUT2D eigenvalue weighted by Gasteiger charge is 2.15. The fourth-order valence-corrected chi connectivity index (χ4v) is 3.14. The lowest BCUT2D eigenvalue weighted by molar-refractivity contribution is -0.120. The first-order valence-corrected chi connectivity index (χ1v) is 9.62. The summed E-state index contributed by atoms with van der Waals surface area (Å²) in [6, 6.07) is 15.8. The monoisotopic (exact) mass is 420 g/mol. The number of nitrogens with zero attached hydrogens (tertiary/aromatic N) is 1. The van der Waals surface area contributed by atoms with Crippen LogP contribution in [0.3, 0.4) is 0 Å². The molecule has 3 aromatic rings. The van der Waals surface area contributed by atoms with E-state index in [0.29, 0.717) is 47.4 Å². The number of hydrogen-bond donors (Lipinski definition) is 1. The average Bonchev–Trinajstić information content (AvgIpc) is 3.27. The van der Waals surface area contributed by atoms with Gasteiger partial charge in [-0.05, 0) is 35.9 Å². The normalized spacial score (nSPS) is 12.5. The van der Waals surface area contributed by atoms with Gasteiger partial charge in [0.1, 0.15) is 24.7 Å². The fraction of sp³-hybridized carbons (Fsp3) is 0.174. The number of amides is 1. The zero-order valence-electron chi connectivity index (χ0n) is 16.8. The molecule has 1 N–H and O–H groups in total. The minimum Gasteiger partial charge on any atom is -0.486 e. The first-order chi connectivity index (χ1) is 15.1. The van der Waals surface area contributed by atoms with Gasteiger partial charge in [0.05, 0.1) is 25.3 Å². The maximum atomic E-state index is 12.2. The number of nitrogens with one attached hydrogen (secondary N) is 1. The van der Waals surface area contributed by atoms with Gasteiger partial charge in [-0.2, -0.15) is 5.10 Å². The predicted octanol–water partition coefficient (Wildman–Crippen LogP) is 3.20. The van der Waals surface area contributed by atoms with Crippen molar-refractivity contribution in [3.8, 4) is 22.8 Å². The Hall–Kier alpha value is -4.07. The molecule has 1 aliphatic rings. The lowest BCUT2D eigenvalue weighted by Crippen LogP contribution is -2.20. The van der Waals surface area contributed by atoms with Crippen LogP contribution < -0.4 is 14.9 Å². The summed E-state index contributed by atoms with van der Waals surface area (Å²) in [7, 11) is 1.33. The molecule has 0 spiro atoms. The number of ether oxygens (including phenoxy) is 3. The lowest BCUT2D eigenvalue weighted by Gasteiger charge is -2.18. The van der Waals surface area contributed by atoms with Crippen molar-refractivity contribution in [3.63, 3.8) is 0 Å². The van der Waals surface area contributed by atoms with Gasteiger partial charge in [-0.25, -0.2) is 10.2 Å². The largest absolute Gasteiger partial charge is 0.486 e. The number of benzene rings is 2. The average molecular weight is 420 g/mol. The first-order valence-electron chi connectivity index (χ1n) is 9.62. The Morgan fingerprint density at radius 1 is 1.06 bits per heavy atom. The summed E-state index contributed by atoms with van der Waals surface area (Å²) < 4.78 is 21.5. The summed E-state index contributed by atoms with van der Waals surface area (Å²) in [5, 5.41) is 3.94. The number of methoxy groups -OCH3 is 1. The van der Waals surface area contributed by atoms with Gasteiger partial charge in [0.2, 0.25) is 5.91 Å². The molecular formula is C23H20N2O6. The van der Waals surface area contributed by atoms with Crippen LogP contribution in [0.5, 0.6) is 11.5 Å². The molecule has 2 heterocycles. The quantitative estimate of drug-likeness (QED) is 0.374. The third-order valence-corrected chi connectivity index (χ3v) is 4.58. The molecule has 0 fully saturated rings. The smallest absolute Gasteiger partial charge is 0.338 e. The maximum absolute atomic E-state index is 12.2. The van der Waals surface area contributed by atoms with Gasteiger partial charge in [0.25, 0.3) is 0 Å². The Balaban J connectivity index is 1.38.